The predicted octanol–water partition coefficient (Wildman–Crippen LogP) is 2.75. The largest absolute Gasteiger partial charge is 0.497 e. The number of rotatable bonds is 7. The van der Waals surface area contributed by atoms with Crippen molar-refractivity contribution in [1.82, 2.24) is 10.3 Å². The first-order valence-electron chi connectivity index (χ1n) is 8.51. The lowest BCUT2D eigenvalue weighted by atomic mass is 10.1. The van der Waals surface area contributed by atoms with Crippen LogP contribution in [0.15, 0.2) is 29.6 Å². The molecule has 6 nitrogen and oxygen atoms in total. The number of nitrogens with two attached hydrogens (primary N) is 1. The summed E-state index contributed by atoms with van der Waals surface area (Å²) >= 11 is 1.49. The molecule has 3 rings (SSSR count). The molecule has 0 radical (unpaired) electrons. The lowest BCUT2D eigenvalue weighted by Crippen LogP contribution is -2.31. The maximum atomic E-state index is 12.2. The molecule has 1 saturated heterocycles. The van der Waals surface area contributed by atoms with E-state index in [9.17, 15) is 4.79 Å². The predicted molar refractivity (Wildman–Crippen MR) is 115 cm³/mol. The lowest BCUT2D eigenvalue weighted by Gasteiger charge is -2.19. The van der Waals surface area contributed by atoms with E-state index in [0.29, 0.717) is 24.7 Å². The van der Waals surface area contributed by atoms with Crippen LogP contribution in [0.2, 0.25) is 0 Å². The number of carbonyl (C=O) groups is 1. The quantitative estimate of drug-likeness (QED) is 0.702. The standard InChI is InChI=1S/C18H24N4O2S.2ClH/c1-24-15-4-2-3-14(9-15)22-8-6-13(11-22)10-20-18(23)16-12-25-17(21-16)5-7-19;;/h2-4,9,12-13H,5-8,10-11,19H2,1H3,(H,20,23);2*1H. The molecule has 1 amide bonds. The number of carbonyl (C=O) groups excluding carboxylic acids is 1. The lowest BCUT2D eigenvalue weighted by molar-refractivity contribution is 0.0944. The van der Waals surface area contributed by atoms with E-state index in [4.69, 9.17) is 10.5 Å². The zero-order chi connectivity index (χ0) is 17.6. The van der Waals surface area contributed by atoms with Crippen molar-refractivity contribution in [2.75, 3.05) is 38.2 Å². The highest BCUT2D eigenvalue weighted by molar-refractivity contribution is 7.09. The van der Waals surface area contributed by atoms with Gasteiger partial charge >= 0.3 is 0 Å². The Labute approximate surface area is 176 Å². The van der Waals surface area contributed by atoms with E-state index in [1.165, 1.54) is 17.0 Å². The Morgan fingerprint density at radius 2 is 2.26 bits per heavy atom. The Bertz CT molecular complexity index is 729. The van der Waals surface area contributed by atoms with Gasteiger partial charge in [0.15, 0.2) is 0 Å². The number of aromatic nitrogens is 1. The van der Waals surface area contributed by atoms with E-state index in [2.05, 4.69) is 27.3 Å². The third kappa shape index (κ3) is 6.24. The normalized spacial score (nSPS) is 15.6. The number of halogens is 2. The van der Waals surface area contributed by atoms with Crippen LogP contribution in [0, 0.1) is 5.92 Å². The van der Waals surface area contributed by atoms with E-state index >= 15 is 0 Å². The molecule has 1 aromatic heterocycles. The van der Waals surface area contributed by atoms with Gasteiger partial charge in [-0.3, -0.25) is 4.79 Å². The van der Waals surface area contributed by atoms with Crippen LogP contribution in [0.5, 0.6) is 5.75 Å². The Morgan fingerprint density at radius 1 is 1.44 bits per heavy atom. The summed E-state index contributed by atoms with van der Waals surface area (Å²) in [5, 5.41) is 5.73. The summed E-state index contributed by atoms with van der Waals surface area (Å²) in [6, 6.07) is 8.10. The van der Waals surface area contributed by atoms with Gasteiger partial charge in [-0.1, -0.05) is 6.07 Å². The molecule has 1 unspecified atom stereocenters. The van der Waals surface area contributed by atoms with Crippen LogP contribution in [-0.2, 0) is 6.42 Å². The van der Waals surface area contributed by atoms with Gasteiger partial charge in [0.05, 0.1) is 12.1 Å². The molecule has 3 N–H and O–H groups in total. The number of ether oxygens (including phenoxy) is 1. The second-order valence-electron chi connectivity index (χ2n) is 6.18. The van der Waals surface area contributed by atoms with E-state index in [1.54, 1.807) is 12.5 Å². The van der Waals surface area contributed by atoms with Crippen LogP contribution < -0.4 is 20.7 Å². The Morgan fingerprint density at radius 3 is 3.00 bits per heavy atom. The average molecular weight is 433 g/mol. The van der Waals surface area contributed by atoms with E-state index in [-0.39, 0.29) is 30.7 Å². The van der Waals surface area contributed by atoms with Gasteiger partial charge in [0.1, 0.15) is 11.4 Å². The van der Waals surface area contributed by atoms with Crippen molar-refractivity contribution >= 4 is 47.7 Å². The summed E-state index contributed by atoms with van der Waals surface area (Å²) in [5.74, 6) is 1.21. The first-order chi connectivity index (χ1) is 12.2. The first-order valence-corrected chi connectivity index (χ1v) is 9.39. The van der Waals surface area contributed by atoms with Crippen LogP contribution in [-0.4, -0.2) is 44.2 Å². The van der Waals surface area contributed by atoms with Crippen LogP contribution >= 0.6 is 36.2 Å². The molecule has 1 atom stereocenters. The summed E-state index contributed by atoms with van der Waals surface area (Å²) in [6.45, 7) is 3.15. The highest BCUT2D eigenvalue weighted by atomic mass is 35.5. The number of anilines is 1. The Hall–Kier alpha value is -1.54. The summed E-state index contributed by atoms with van der Waals surface area (Å²) < 4.78 is 5.29. The van der Waals surface area contributed by atoms with Gasteiger partial charge in [0, 0.05) is 43.2 Å². The number of benzene rings is 1. The number of nitrogens with zero attached hydrogens (tertiary/aromatic N) is 2. The Kier molecular flexibility index (Phi) is 9.87. The molecule has 1 aliphatic rings. The number of nitrogens with one attached hydrogen (secondary N) is 1. The first kappa shape index (κ1) is 23.5. The molecule has 2 heterocycles. The molecule has 0 bridgehead atoms. The fourth-order valence-electron chi connectivity index (χ4n) is 3.02. The molecular weight excluding hydrogens is 407 g/mol. The van der Waals surface area contributed by atoms with Crippen molar-refractivity contribution < 1.29 is 9.53 Å². The zero-order valence-electron chi connectivity index (χ0n) is 15.2. The van der Waals surface area contributed by atoms with Crippen LogP contribution in [0.1, 0.15) is 21.9 Å². The van der Waals surface area contributed by atoms with Gasteiger partial charge in [0.25, 0.3) is 5.91 Å². The molecule has 2 aromatic rings. The van der Waals surface area contributed by atoms with Crippen molar-refractivity contribution in [3.63, 3.8) is 0 Å². The average Bonchev–Trinajstić information content (AvgIpc) is 3.30. The fourth-order valence-corrected chi connectivity index (χ4v) is 3.82. The van der Waals surface area contributed by atoms with E-state index in [0.717, 1.165) is 36.7 Å². The SMILES string of the molecule is COc1cccc(N2CCC(CNC(=O)c3csc(CCN)n3)C2)c1.Cl.Cl. The maximum Gasteiger partial charge on any atom is 0.270 e. The molecule has 1 fully saturated rings. The van der Waals surface area contributed by atoms with Crippen molar-refractivity contribution in [3.8, 4) is 5.75 Å². The van der Waals surface area contributed by atoms with Crippen molar-refractivity contribution in [2.24, 2.45) is 11.7 Å². The third-order valence-corrected chi connectivity index (χ3v) is 5.31. The van der Waals surface area contributed by atoms with Gasteiger partial charge in [-0.15, -0.1) is 36.2 Å². The number of amides is 1. The number of hydrogen-bond acceptors (Lipinski definition) is 6. The van der Waals surface area contributed by atoms with Crippen LogP contribution in [0.25, 0.3) is 0 Å². The van der Waals surface area contributed by atoms with Crippen LogP contribution in [0.3, 0.4) is 0 Å². The minimum atomic E-state index is -0.0978. The highest BCUT2D eigenvalue weighted by Crippen LogP contribution is 2.26. The summed E-state index contributed by atoms with van der Waals surface area (Å²) in [6.07, 6.45) is 1.78. The van der Waals surface area contributed by atoms with Crippen molar-refractivity contribution in [2.45, 2.75) is 12.8 Å². The second kappa shape index (κ2) is 11.3. The van der Waals surface area contributed by atoms with Gasteiger partial charge < -0.3 is 20.7 Å². The van der Waals surface area contributed by atoms with Gasteiger partial charge in [-0.2, -0.15) is 0 Å². The minimum Gasteiger partial charge on any atom is -0.497 e. The third-order valence-electron chi connectivity index (χ3n) is 4.40. The fraction of sp³-hybridized carbons (Fsp3) is 0.444. The van der Waals surface area contributed by atoms with Crippen molar-refractivity contribution in [1.29, 1.82) is 0 Å². The molecular formula is C18H26Cl2N4O2S. The van der Waals surface area contributed by atoms with Gasteiger partial charge in [-0.25, -0.2) is 4.98 Å². The van der Waals surface area contributed by atoms with Gasteiger partial charge in [0.2, 0.25) is 0 Å². The number of thiazole rings is 1. The topological polar surface area (TPSA) is 80.5 Å². The Balaban J connectivity index is 0.00000182. The molecule has 0 aliphatic carbocycles. The van der Waals surface area contributed by atoms with Crippen molar-refractivity contribution in [3.05, 3.63) is 40.3 Å². The summed E-state index contributed by atoms with van der Waals surface area (Å²) in [4.78, 5) is 18.9. The van der Waals surface area contributed by atoms with Crippen LogP contribution in [0.4, 0.5) is 5.69 Å². The molecule has 27 heavy (non-hydrogen) atoms. The molecule has 150 valence electrons. The molecule has 0 spiro atoms. The van der Waals surface area contributed by atoms with E-state index < -0.39 is 0 Å². The monoisotopic (exact) mass is 432 g/mol. The molecule has 1 aromatic carbocycles. The number of hydrogen-bond donors (Lipinski definition) is 2. The molecule has 9 heteroatoms. The second-order valence-corrected chi connectivity index (χ2v) is 7.12. The summed E-state index contributed by atoms with van der Waals surface area (Å²) in [7, 11) is 1.68. The molecule has 0 saturated carbocycles. The van der Waals surface area contributed by atoms with Gasteiger partial charge in [-0.05, 0) is 31.0 Å². The van der Waals surface area contributed by atoms with E-state index in [1.807, 2.05) is 12.1 Å². The summed E-state index contributed by atoms with van der Waals surface area (Å²) in [5.41, 5.74) is 7.18. The smallest absolute Gasteiger partial charge is 0.270 e. The number of methoxy groups -OCH3 is 1. The zero-order valence-corrected chi connectivity index (χ0v) is 17.7. The molecule has 1 aliphatic heterocycles. The highest BCUT2D eigenvalue weighted by Gasteiger charge is 2.23. The minimum absolute atomic E-state index is 0. The maximum absolute atomic E-state index is 12.2.